The minimum absolute atomic E-state index is 0.00664. The van der Waals surface area contributed by atoms with Crippen LogP contribution in [0.5, 0.6) is 0 Å². The van der Waals surface area contributed by atoms with Crippen molar-refractivity contribution in [2.24, 2.45) is 5.92 Å². The monoisotopic (exact) mass is 433 g/mol. The number of carbonyl (C=O) groups excluding carboxylic acids is 2. The first-order valence-corrected chi connectivity index (χ1v) is 11.4. The lowest BCUT2D eigenvalue weighted by Crippen LogP contribution is -2.33. The predicted molar refractivity (Wildman–Crippen MR) is 124 cm³/mol. The van der Waals surface area contributed by atoms with Crippen LogP contribution in [0.1, 0.15) is 61.5 Å². The molecular weight excluding hydrogens is 402 g/mol. The maximum Gasteiger partial charge on any atom is 0.252 e. The van der Waals surface area contributed by atoms with Gasteiger partial charge >= 0.3 is 0 Å². The number of hydrogen-bond acceptors (Lipinski definition) is 4. The lowest BCUT2D eigenvalue weighted by molar-refractivity contribution is -0.122. The van der Waals surface area contributed by atoms with Crippen molar-refractivity contribution in [1.82, 2.24) is 25.4 Å². The molecule has 168 valence electrons. The summed E-state index contributed by atoms with van der Waals surface area (Å²) in [5.41, 5.74) is 2.57. The van der Waals surface area contributed by atoms with Crippen molar-refractivity contribution in [2.75, 3.05) is 6.54 Å². The molecule has 0 spiro atoms. The summed E-state index contributed by atoms with van der Waals surface area (Å²) < 4.78 is 1.63. The van der Waals surface area contributed by atoms with E-state index < -0.39 is 0 Å². The number of para-hydroxylation sites is 1. The first-order chi connectivity index (χ1) is 15.5. The van der Waals surface area contributed by atoms with E-state index >= 15 is 0 Å². The molecule has 2 aromatic heterocycles. The maximum atomic E-state index is 12.8. The molecule has 0 aliphatic heterocycles. The number of amides is 2. The quantitative estimate of drug-likeness (QED) is 0.595. The van der Waals surface area contributed by atoms with Gasteiger partial charge in [-0.2, -0.15) is 5.10 Å². The molecule has 4 rings (SSSR count). The largest absolute Gasteiger partial charge is 0.354 e. The van der Waals surface area contributed by atoms with Crippen molar-refractivity contribution < 1.29 is 9.59 Å². The van der Waals surface area contributed by atoms with Crippen LogP contribution in [0.4, 0.5) is 0 Å². The van der Waals surface area contributed by atoms with E-state index in [4.69, 9.17) is 4.98 Å². The first kappa shape index (κ1) is 22.0. The van der Waals surface area contributed by atoms with Crippen LogP contribution in [-0.4, -0.2) is 39.2 Å². The van der Waals surface area contributed by atoms with Gasteiger partial charge in [-0.15, -0.1) is 0 Å². The lowest BCUT2D eigenvalue weighted by atomic mass is 9.80. The smallest absolute Gasteiger partial charge is 0.252 e. The molecular formula is C25H31N5O2. The second-order valence-electron chi connectivity index (χ2n) is 8.97. The maximum absolute atomic E-state index is 12.8. The highest BCUT2D eigenvalue weighted by Gasteiger charge is 2.25. The number of benzene rings is 1. The summed E-state index contributed by atoms with van der Waals surface area (Å²) in [6, 6.07) is 11.7. The van der Waals surface area contributed by atoms with E-state index in [0.29, 0.717) is 23.9 Å². The Balaban J connectivity index is 1.39. The Labute approximate surface area is 188 Å². The highest BCUT2D eigenvalue weighted by atomic mass is 16.2. The number of aromatic nitrogens is 3. The third-order valence-corrected chi connectivity index (χ3v) is 6.12. The molecule has 1 aliphatic rings. The molecule has 0 radical (unpaired) electrons. The molecule has 0 atom stereocenters. The van der Waals surface area contributed by atoms with E-state index in [-0.39, 0.29) is 24.4 Å². The van der Waals surface area contributed by atoms with E-state index in [1.807, 2.05) is 50.2 Å². The Morgan fingerprint density at radius 1 is 1.12 bits per heavy atom. The van der Waals surface area contributed by atoms with Crippen LogP contribution in [0.15, 0.2) is 48.8 Å². The molecule has 0 saturated heterocycles. The molecule has 7 nitrogen and oxygen atoms in total. The second-order valence-corrected chi connectivity index (χ2v) is 8.97. The van der Waals surface area contributed by atoms with Crippen molar-refractivity contribution in [2.45, 2.75) is 58.0 Å². The van der Waals surface area contributed by atoms with Crippen LogP contribution in [-0.2, 0) is 11.3 Å². The molecule has 2 amide bonds. The second kappa shape index (κ2) is 9.94. The van der Waals surface area contributed by atoms with Crippen LogP contribution < -0.4 is 10.6 Å². The van der Waals surface area contributed by atoms with Gasteiger partial charge in [0.25, 0.3) is 5.91 Å². The number of nitrogens with one attached hydrogen (secondary N) is 2. The number of carbonyl (C=O) groups is 2. The summed E-state index contributed by atoms with van der Waals surface area (Å²) in [4.78, 5) is 29.9. The van der Waals surface area contributed by atoms with Gasteiger partial charge < -0.3 is 10.6 Å². The third kappa shape index (κ3) is 5.33. The lowest BCUT2D eigenvalue weighted by Gasteiger charge is -2.28. The summed E-state index contributed by atoms with van der Waals surface area (Å²) in [5.74, 6) is 0.750. The van der Waals surface area contributed by atoms with Gasteiger partial charge in [-0.1, -0.05) is 18.2 Å². The van der Waals surface area contributed by atoms with Gasteiger partial charge in [0, 0.05) is 42.0 Å². The van der Waals surface area contributed by atoms with Crippen molar-refractivity contribution >= 4 is 22.7 Å². The van der Waals surface area contributed by atoms with Crippen molar-refractivity contribution in [3.63, 3.8) is 0 Å². The standard InChI is InChI=1S/C25H31N5O2/c1-17(2)28-25(32)21-14-23(29-22-7-4-3-6-20(21)22)19-10-8-18(9-11-19)15-26-24(31)16-30-13-5-12-27-30/h3-7,12-14,17-19H,8-11,15-16H2,1-2H3,(H,26,31)(H,28,32). The number of hydrogen-bond donors (Lipinski definition) is 2. The Kier molecular flexibility index (Phi) is 6.83. The van der Waals surface area contributed by atoms with Gasteiger partial charge in [0.2, 0.25) is 5.91 Å². The Morgan fingerprint density at radius 2 is 1.91 bits per heavy atom. The summed E-state index contributed by atoms with van der Waals surface area (Å²) in [6.07, 6.45) is 7.56. The minimum Gasteiger partial charge on any atom is -0.354 e. The summed E-state index contributed by atoms with van der Waals surface area (Å²) >= 11 is 0. The molecule has 0 unspecified atom stereocenters. The molecule has 2 heterocycles. The van der Waals surface area contributed by atoms with Crippen molar-refractivity contribution in [3.8, 4) is 0 Å². The van der Waals surface area contributed by atoms with Crippen molar-refractivity contribution in [1.29, 1.82) is 0 Å². The molecule has 3 aromatic rings. The van der Waals surface area contributed by atoms with Gasteiger partial charge in [-0.25, -0.2) is 0 Å². The van der Waals surface area contributed by atoms with Crippen LogP contribution in [0.2, 0.25) is 0 Å². The average Bonchev–Trinajstić information content (AvgIpc) is 3.30. The van der Waals surface area contributed by atoms with Gasteiger partial charge in [0.1, 0.15) is 6.54 Å². The van der Waals surface area contributed by atoms with Gasteiger partial charge in [0.05, 0.1) is 11.1 Å². The molecule has 2 N–H and O–H groups in total. The fourth-order valence-corrected chi connectivity index (χ4v) is 4.45. The Hall–Kier alpha value is -3.22. The predicted octanol–water partition coefficient (Wildman–Crippen LogP) is 3.66. The molecule has 0 bridgehead atoms. The number of rotatable bonds is 7. The summed E-state index contributed by atoms with van der Waals surface area (Å²) in [6.45, 7) is 4.89. The van der Waals surface area contributed by atoms with E-state index in [0.717, 1.165) is 42.3 Å². The molecule has 1 fully saturated rings. The molecule has 1 saturated carbocycles. The SMILES string of the molecule is CC(C)NC(=O)c1cc(C2CCC(CNC(=O)Cn3cccn3)CC2)nc2ccccc12. The van der Waals surface area contributed by atoms with Gasteiger partial charge in [0.15, 0.2) is 0 Å². The summed E-state index contributed by atoms with van der Waals surface area (Å²) in [5, 5.41) is 11.0. The Bertz CT molecular complexity index is 1070. The number of pyridine rings is 1. The van der Waals surface area contributed by atoms with E-state index in [1.165, 1.54) is 0 Å². The summed E-state index contributed by atoms with van der Waals surface area (Å²) in [7, 11) is 0. The minimum atomic E-state index is -0.0477. The van der Waals surface area contributed by atoms with Gasteiger partial charge in [-0.05, 0) is 63.6 Å². The zero-order valence-electron chi connectivity index (χ0n) is 18.8. The fourth-order valence-electron chi connectivity index (χ4n) is 4.45. The topological polar surface area (TPSA) is 88.9 Å². The van der Waals surface area contributed by atoms with Crippen LogP contribution in [0.25, 0.3) is 10.9 Å². The van der Waals surface area contributed by atoms with Crippen LogP contribution in [0, 0.1) is 5.92 Å². The zero-order chi connectivity index (χ0) is 22.5. The number of nitrogens with zero attached hydrogens (tertiary/aromatic N) is 3. The normalized spacial score (nSPS) is 18.6. The first-order valence-electron chi connectivity index (χ1n) is 11.4. The van der Waals surface area contributed by atoms with Crippen LogP contribution >= 0.6 is 0 Å². The number of fused-ring (bicyclic) bond motifs is 1. The van der Waals surface area contributed by atoms with E-state index in [9.17, 15) is 9.59 Å². The zero-order valence-corrected chi connectivity index (χ0v) is 18.8. The average molecular weight is 434 g/mol. The van der Waals surface area contributed by atoms with Crippen molar-refractivity contribution in [3.05, 3.63) is 60.0 Å². The Morgan fingerprint density at radius 3 is 2.62 bits per heavy atom. The van der Waals surface area contributed by atoms with E-state index in [2.05, 4.69) is 15.7 Å². The fraction of sp³-hybridized carbons (Fsp3) is 0.440. The van der Waals surface area contributed by atoms with E-state index in [1.54, 1.807) is 17.1 Å². The van der Waals surface area contributed by atoms with Gasteiger partial charge in [-0.3, -0.25) is 19.3 Å². The highest BCUT2D eigenvalue weighted by Crippen LogP contribution is 2.36. The van der Waals surface area contributed by atoms with Crippen LogP contribution in [0.3, 0.4) is 0 Å². The molecule has 1 aromatic carbocycles. The third-order valence-electron chi connectivity index (χ3n) is 6.12. The molecule has 32 heavy (non-hydrogen) atoms. The molecule has 7 heteroatoms. The highest BCUT2D eigenvalue weighted by molar-refractivity contribution is 6.06. The molecule has 1 aliphatic carbocycles.